The van der Waals surface area contributed by atoms with Crippen LogP contribution >= 0.6 is 0 Å². The number of aromatic hydroxyl groups is 2. The average Bonchev–Trinajstić information content (AvgIpc) is 2.80. The molecule has 0 atom stereocenters. The van der Waals surface area contributed by atoms with Crippen LogP contribution in [0.3, 0.4) is 0 Å². The maximum Gasteiger partial charge on any atom is 0.259 e. The lowest BCUT2D eigenvalue weighted by Gasteiger charge is -2.05. The molecule has 21 heavy (non-hydrogen) atoms. The van der Waals surface area contributed by atoms with Crippen molar-refractivity contribution in [3.63, 3.8) is 0 Å². The van der Waals surface area contributed by atoms with Crippen LogP contribution in [0.1, 0.15) is 5.82 Å². The van der Waals surface area contributed by atoms with Gasteiger partial charge in [0.25, 0.3) is 5.91 Å². The summed E-state index contributed by atoms with van der Waals surface area (Å²) >= 11 is 0. The van der Waals surface area contributed by atoms with Crippen molar-refractivity contribution in [3.8, 4) is 28.8 Å². The number of phenols is 2. The number of nitriles is 1. The summed E-state index contributed by atoms with van der Waals surface area (Å²) in [6, 6.07) is 6.06. The smallest absolute Gasteiger partial charge is 0.259 e. The van der Waals surface area contributed by atoms with Crippen LogP contribution in [-0.4, -0.2) is 25.7 Å². The summed E-state index contributed by atoms with van der Waals surface area (Å²) in [5, 5.41) is 27.6. The first-order chi connectivity index (χ1) is 9.93. The van der Waals surface area contributed by atoms with Gasteiger partial charge in [-0.2, -0.15) is 5.26 Å². The molecule has 1 aromatic carbocycles. The number of primary amides is 1. The van der Waals surface area contributed by atoms with Crippen LogP contribution in [0.4, 0.5) is 0 Å². The van der Waals surface area contributed by atoms with Gasteiger partial charge in [-0.15, -0.1) is 0 Å². The predicted molar refractivity (Wildman–Crippen MR) is 74.8 cm³/mol. The minimum atomic E-state index is -0.829. The van der Waals surface area contributed by atoms with Crippen molar-refractivity contribution < 1.29 is 15.0 Å². The molecule has 0 saturated heterocycles. The van der Waals surface area contributed by atoms with Crippen molar-refractivity contribution in [1.29, 1.82) is 5.26 Å². The number of aromatic nitrogens is 2. The molecule has 0 saturated carbocycles. The summed E-state index contributed by atoms with van der Waals surface area (Å²) in [7, 11) is 1.69. The standard InChI is InChI=1S/C14H12N4O3/c1-18-10(8-2-3-11(19)12(20)4-8)7-17-13(18)5-9(6-15)14(16)21/h2-5,7,19-20H,1H3,(H2,16,21)/b9-5-. The number of nitrogens with zero attached hydrogens (tertiary/aromatic N) is 3. The van der Waals surface area contributed by atoms with E-state index in [1.54, 1.807) is 23.8 Å². The van der Waals surface area contributed by atoms with E-state index in [-0.39, 0.29) is 17.1 Å². The van der Waals surface area contributed by atoms with E-state index in [1.807, 2.05) is 0 Å². The van der Waals surface area contributed by atoms with Gasteiger partial charge in [0.05, 0.1) is 11.9 Å². The Hall–Kier alpha value is -3.27. The van der Waals surface area contributed by atoms with Crippen molar-refractivity contribution in [2.45, 2.75) is 0 Å². The molecule has 0 fully saturated rings. The van der Waals surface area contributed by atoms with Crippen LogP contribution in [0.2, 0.25) is 0 Å². The van der Waals surface area contributed by atoms with E-state index in [0.717, 1.165) is 0 Å². The van der Waals surface area contributed by atoms with Crippen LogP contribution in [0.5, 0.6) is 11.5 Å². The minimum Gasteiger partial charge on any atom is -0.504 e. The van der Waals surface area contributed by atoms with Crippen molar-refractivity contribution in [1.82, 2.24) is 9.55 Å². The third-order valence-electron chi connectivity index (χ3n) is 2.95. The SMILES string of the molecule is Cn1c(-c2ccc(O)c(O)c2)cnc1/C=C(/C#N)C(N)=O. The first kappa shape index (κ1) is 14.1. The molecule has 7 heteroatoms. The Morgan fingerprint density at radius 2 is 2.14 bits per heavy atom. The molecule has 0 aliphatic rings. The number of carbonyl (C=O) groups is 1. The minimum absolute atomic E-state index is 0.205. The number of hydrogen-bond donors (Lipinski definition) is 3. The van der Waals surface area contributed by atoms with Gasteiger partial charge in [-0.1, -0.05) is 0 Å². The summed E-state index contributed by atoms with van der Waals surface area (Å²) in [4.78, 5) is 15.1. The fourth-order valence-corrected chi connectivity index (χ4v) is 1.80. The highest BCUT2D eigenvalue weighted by atomic mass is 16.3. The van der Waals surface area contributed by atoms with Gasteiger partial charge in [0.2, 0.25) is 0 Å². The monoisotopic (exact) mass is 284 g/mol. The average molecular weight is 284 g/mol. The highest BCUT2D eigenvalue weighted by Crippen LogP contribution is 2.30. The van der Waals surface area contributed by atoms with Crippen LogP contribution in [0.25, 0.3) is 17.3 Å². The van der Waals surface area contributed by atoms with E-state index in [4.69, 9.17) is 11.0 Å². The first-order valence-electron chi connectivity index (χ1n) is 5.89. The van der Waals surface area contributed by atoms with E-state index in [0.29, 0.717) is 17.1 Å². The van der Waals surface area contributed by atoms with E-state index in [2.05, 4.69) is 4.98 Å². The number of rotatable bonds is 3. The molecule has 7 nitrogen and oxygen atoms in total. The molecule has 4 N–H and O–H groups in total. The zero-order valence-electron chi connectivity index (χ0n) is 11.1. The molecular weight excluding hydrogens is 272 g/mol. The molecule has 1 aromatic heterocycles. The van der Waals surface area contributed by atoms with Gasteiger partial charge in [-0.25, -0.2) is 4.98 Å². The largest absolute Gasteiger partial charge is 0.504 e. The normalized spacial score (nSPS) is 11.1. The van der Waals surface area contributed by atoms with Crippen molar-refractivity contribution in [3.05, 3.63) is 35.8 Å². The second-order valence-electron chi connectivity index (χ2n) is 4.30. The van der Waals surface area contributed by atoms with Gasteiger partial charge in [0.1, 0.15) is 17.5 Å². The molecule has 0 unspecified atom stereocenters. The number of benzene rings is 1. The Morgan fingerprint density at radius 3 is 2.71 bits per heavy atom. The van der Waals surface area contributed by atoms with Gasteiger partial charge in [0, 0.05) is 18.7 Å². The fraction of sp³-hybridized carbons (Fsp3) is 0.0714. The topological polar surface area (TPSA) is 125 Å². The number of phenolic OH excluding ortho intramolecular Hbond substituents is 2. The lowest BCUT2D eigenvalue weighted by Crippen LogP contribution is -2.12. The molecule has 2 rings (SSSR count). The summed E-state index contributed by atoms with van der Waals surface area (Å²) in [5.41, 5.74) is 6.13. The second-order valence-corrected chi connectivity index (χ2v) is 4.30. The van der Waals surface area contributed by atoms with E-state index in [1.165, 1.54) is 24.4 Å². The predicted octanol–water partition coefficient (Wildman–Crippen LogP) is 0.891. The number of hydrogen-bond acceptors (Lipinski definition) is 5. The second kappa shape index (κ2) is 5.38. The zero-order chi connectivity index (χ0) is 15.6. The van der Waals surface area contributed by atoms with Gasteiger partial charge >= 0.3 is 0 Å². The number of carbonyl (C=O) groups excluding carboxylic acids is 1. The van der Waals surface area contributed by atoms with Gasteiger partial charge in [0.15, 0.2) is 11.5 Å². The molecule has 2 aromatic rings. The highest BCUT2D eigenvalue weighted by Gasteiger charge is 2.11. The molecule has 0 aliphatic carbocycles. The van der Waals surface area contributed by atoms with E-state index in [9.17, 15) is 15.0 Å². The van der Waals surface area contributed by atoms with Crippen LogP contribution in [0.15, 0.2) is 30.0 Å². The molecule has 1 heterocycles. The van der Waals surface area contributed by atoms with Crippen LogP contribution < -0.4 is 5.73 Å². The lowest BCUT2D eigenvalue weighted by atomic mass is 10.1. The molecule has 106 valence electrons. The third kappa shape index (κ3) is 2.69. The summed E-state index contributed by atoms with van der Waals surface area (Å²) in [6.45, 7) is 0. The Balaban J connectivity index is 2.48. The quantitative estimate of drug-likeness (QED) is 0.438. The van der Waals surface area contributed by atoms with Crippen molar-refractivity contribution in [2.24, 2.45) is 12.8 Å². The molecule has 1 amide bonds. The maximum atomic E-state index is 11.0. The third-order valence-corrected chi connectivity index (χ3v) is 2.95. The fourth-order valence-electron chi connectivity index (χ4n) is 1.80. The summed E-state index contributed by atoms with van der Waals surface area (Å²) in [6.07, 6.45) is 2.81. The summed E-state index contributed by atoms with van der Waals surface area (Å²) in [5.74, 6) is -0.931. The Morgan fingerprint density at radius 1 is 1.43 bits per heavy atom. The number of imidazole rings is 1. The zero-order valence-corrected chi connectivity index (χ0v) is 11.1. The van der Waals surface area contributed by atoms with Crippen LogP contribution in [0, 0.1) is 11.3 Å². The molecular formula is C14H12N4O3. The molecule has 0 spiro atoms. The van der Waals surface area contributed by atoms with Crippen molar-refractivity contribution >= 4 is 12.0 Å². The maximum absolute atomic E-state index is 11.0. The Kier molecular flexibility index (Phi) is 3.63. The number of nitrogens with two attached hydrogens (primary N) is 1. The summed E-state index contributed by atoms with van der Waals surface area (Å²) < 4.78 is 1.63. The Labute approximate surface area is 120 Å². The highest BCUT2D eigenvalue weighted by molar-refractivity contribution is 6.00. The molecule has 0 aliphatic heterocycles. The van der Waals surface area contributed by atoms with Gasteiger partial charge in [-0.05, 0) is 18.2 Å². The first-order valence-corrected chi connectivity index (χ1v) is 5.89. The van der Waals surface area contributed by atoms with E-state index >= 15 is 0 Å². The molecule has 0 bridgehead atoms. The lowest BCUT2D eigenvalue weighted by molar-refractivity contribution is -0.114. The van der Waals surface area contributed by atoms with Crippen LogP contribution in [-0.2, 0) is 11.8 Å². The van der Waals surface area contributed by atoms with E-state index < -0.39 is 5.91 Å². The number of amides is 1. The molecule has 0 radical (unpaired) electrons. The van der Waals surface area contributed by atoms with Gasteiger partial charge < -0.3 is 20.5 Å². The van der Waals surface area contributed by atoms with Crippen molar-refractivity contribution in [2.75, 3.05) is 0 Å². The van der Waals surface area contributed by atoms with Gasteiger partial charge in [-0.3, -0.25) is 4.79 Å². The Bertz CT molecular complexity index is 784.